The van der Waals surface area contributed by atoms with Crippen LogP contribution in [0.3, 0.4) is 0 Å². The van der Waals surface area contributed by atoms with Crippen molar-refractivity contribution in [2.45, 2.75) is 13.8 Å². The molecule has 0 fully saturated rings. The van der Waals surface area contributed by atoms with Crippen molar-refractivity contribution in [3.05, 3.63) is 41.5 Å². The third kappa shape index (κ3) is 2.18. The summed E-state index contributed by atoms with van der Waals surface area (Å²) in [6, 6.07) is 9.75. The molecule has 0 atom stereocenters. The first-order valence-electron chi connectivity index (χ1n) is 5.50. The van der Waals surface area contributed by atoms with Crippen molar-refractivity contribution in [1.29, 1.82) is 0 Å². The minimum Gasteiger partial charge on any atom is -0.399 e. The van der Waals surface area contributed by atoms with Gasteiger partial charge in [0.25, 0.3) is 0 Å². The summed E-state index contributed by atoms with van der Waals surface area (Å²) in [5.41, 5.74) is 23.8. The molecule has 0 bridgehead atoms. The van der Waals surface area contributed by atoms with Crippen LogP contribution in [0.15, 0.2) is 30.3 Å². The molecule has 2 aromatic carbocycles. The Morgan fingerprint density at radius 1 is 0.706 bits per heavy atom. The third-order valence-corrected chi connectivity index (χ3v) is 2.73. The van der Waals surface area contributed by atoms with Crippen LogP contribution in [0.1, 0.15) is 11.1 Å². The second-order valence-corrected chi connectivity index (χ2v) is 4.45. The minimum atomic E-state index is 0.591. The zero-order chi connectivity index (χ0) is 12.6. The zero-order valence-corrected chi connectivity index (χ0v) is 10.1. The van der Waals surface area contributed by atoms with Crippen molar-refractivity contribution in [1.82, 2.24) is 0 Å². The van der Waals surface area contributed by atoms with Gasteiger partial charge in [-0.15, -0.1) is 0 Å². The molecular weight excluding hydrogens is 210 g/mol. The van der Waals surface area contributed by atoms with E-state index >= 15 is 0 Å². The molecule has 6 N–H and O–H groups in total. The summed E-state index contributed by atoms with van der Waals surface area (Å²) in [5, 5.41) is 0. The van der Waals surface area contributed by atoms with E-state index < -0.39 is 0 Å². The lowest BCUT2D eigenvalue weighted by atomic mass is 9.97. The van der Waals surface area contributed by atoms with Crippen LogP contribution in [-0.4, -0.2) is 0 Å². The van der Waals surface area contributed by atoms with Crippen molar-refractivity contribution in [3.8, 4) is 11.1 Å². The maximum atomic E-state index is 5.99. The first-order chi connectivity index (χ1) is 7.97. The van der Waals surface area contributed by atoms with Crippen molar-refractivity contribution < 1.29 is 0 Å². The Balaban J connectivity index is 2.68. The smallest absolute Gasteiger partial charge is 0.0435 e. The Morgan fingerprint density at radius 3 is 1.65 bits per heavy atom. The largest absolute Gasteiger partial charge is 0.399 e. The maximum Gasteiger partial charge on any atom is 0.0435 e. The molecule has 3 nitrogen and oxygen atoms in total. The van der Waals surface area contributed by atoms with Crippen LogP contribution < -0.4 is 17.2 Å². The Hall–Kier alpha value is -2.16. The van der Waals surface area contributed by atoms with Crippen molar-refractivity contribution in [2.24, 2.45) is 0 Å². The molecule has 88 valence electrons. The zero-order valence-electron chi connectivity index (χ0n) is 10.1. The van der Waals surface area contributed by atoms with Gasteiger partial charge >= 0.3 is 0 Å². The van der Waals surface area contributed by atoms with Crippen LogP contribution >= 0.6 is 0 Å². The van der Waals surface area contributed by atoms with E-state index in [1.807, 2.05) is 0 Å². The maximum absolute atomic E-state index is 5.99. The molecule has 0 unspecified atom stereocenters. The number of aryl methyl sites for hydroxylation is 2. The monoisotopic (exact) mass is 227 g/mol. The highest BCUT2D eigenvalue weighted by atomic mass is 14.7. The molecule has 2 aromatic rings. The van der Waals surface area contributed by atoms with Crippen LogP contribution in [0.25, 0.3) is 11.1 Å². The Kier molecular flexibility index (Phi) is 2.68. The molecule has 0 aliphatic heterocycles. The number of nitrogens with two attached hydrogens (primary N) is 3. The van der Waals surface area contributed by atoms with Gasteiger partial charge < -0.3 is 17.2 Å². The molecule has 3 heteroatoms. The predicted octanol–water partition coefficient (Wildman–Crippen LogP) is 2.72. The first-order valence-corrected chi connectivity index (χ1v) is 5.50. The summed E-state index contributed by atoms with van der Waals surface area (Å²) in [6.45, 7) is 4.11. The molecule has 0 heterocycles. The molecule has 2 rings (SSSR count). The van der Waals surface area contributed by atoms with Crippen molar-refractivity contribution in [2.75, 3.05) is 17.2 Å². The fraction of sp³-hybridized carbons (Fsp3) is 0.143. The summed E-state index contributed by atoms with van der Waals surface area (Å²) >= 11 is 0. The number of rotatable bonds is 1. The van der Waals surface area contributed by atoms with E-state index in [0.717, 1.165) is 11.1 Å². The summed E-state index contributed by atoms with van der Waals surface area (Å²) < 4.78 is 0. The van der Waals surface area contributed by atoms with Gasteiger partial charge in [-0.2, -0.15) is 0 Å². The molecule has 0 aliphatic rings. The Morgan fingerprint density at radius 2 is 1.18 bits per heavy atom. The van der Waals surface area contributed by atoms with Gasteiger partial charge in [0.1, 0.15) is 0 Å². The number of hydrogen-bond acceptors (Lipinski definition) is 3. The fourth-order valence-corrected chi connectivity index (χ4v) is 2.16. The molecule has 0 amide bonds. The van der Waals surface area contributed by atoms with Gasteiger partial charge in [-0.25, -0.2) is 0 Å². The van der Waals surface area contributed by atoms with Crippen LogP contribution in [0.5, 0.6) is 0 Å². The molecule has 0 saturated carbocycles. The van der Waals surface area contributed by atoms with Gasteiger partial charge in [-0.3, -0.25) is 0 Å². The lowest BCUT2D eigenvalue weighted by Crippen LogP contribution is -1.99. The third-order valence-electron chi connectivity index (χ3n) is 2.73. The highest BCUT2D eigenvalue weighted by Crippen LogP contribution is 2.34. The summed E-state index contributed by atoms with van der Waals surface area (Å²) in [5.74, 6) is 0. The van der Waals surface area contributed by atoms with Crippen LogP contribution in [0.4, 0.5) is 17.1 Å². The Bertz CT molecular complexity index is 530. The molecular formula is C14H17N3. The molecule has 0 spiro atoms. The number of benzene rings is 2. The normalized spacial score (nSPS) is 10.5. The first kappa shape index (κ1) is 11.3. The van der Waals surface area contributed by atoms with Gasteiger partial charge in [0.15, 0.2) is 0 Å². The van der Waals surface area contributed by atoms with Gasteiger partial charge in [-0.1, -0.05) is 29.3 Å². The predicted molar refractivity (Wildman–Crippen MR) is 74.6 cm³/mol. The lowest BCUT2D eigenvalue weighted by Gasteiger charge is -2.12. The lowest BCUT2D eigenvalue weighted by molar-refractivity contribution is 1.38. The molecule has 17 heavy (non-hydrogen) atoms. The topological polar surface area (TPSA) is 78.1 Å². The number of nitrogen functional groups attached to an aromatic ring is 3. The van der Waals surface area contributed by atoms with Gasteiger partial charge in [0.05, 0.1) is 0 Å². The SMILES string of the molecule is Cc1cc(C)cc(-c2c(N)cc(N)cc2N)c1. The summed E-state index contributed by atoms with van der Waals surface area (Å²) in [6.07, 6.45) is 0. The van der Waals surface area contributed by atoms with Crippen molar-refractivity contribution >= 4 is 17.1 Å². The standard InChI is InChI=1S/C14H17N3/c1-8-3-9(2)5-10(4-8)14-12(16)6-11(15)7-13(14)17/h3-7H,15-17H2,1-2H3. The Labute approximate surface area is 101 Å². The summed E-state index contributed by atoms with van der Waals surface area (Å²) in [7, 11) is 0. The van der Waals surface area contributed by atoms with E-state index in [1.54, 1.807) is 12.1 Å². The van der Waals surface area contributed by atoms with Crippen LogP contribution in [0.2, 0.25) is 0 Å². The van der Waals surface area contributed by atoms with Crippen molar-refractivity contribution in [3.63, 3.8) is 0 Å². The van der Waals surface area contributed by atoms with Crippen LogP contribution in [-0.2, 0) is 0 Å². The molecule has 0 saturated heterocycles. The van der Waals surface area contributed by atoms with E-state index in [2.05, 4.69) is 32.0 Å². The average molecular weight is 227 g/mol. The highest BCUT2D eigenvalue weighted by Gasteiger charge is 2.09. The van der Waals surface area contributed by atoms with E-state index in [-0.39, 0.29) is 0 Å². The van der Waals surface area contributed by atoms with E-state index in [0.29, 0.717) is 17.1 Å². The van der Waals surface area contributed by atoms with E-state index in [4.69, 9.17) is 17.2 Å². The minimum absolute atomic E-state index is 0.591. The van der Waals surface area contributed by atoms with Gasteiger partial charge in [0.2, 0.25) is 0 Å². The second kappa shape index (κ2) is 4.01. The fourth-order valence-electron chi connectivity index (χ4n) is 2.16. The second-order valence-electron chi connectivity index (χ2n) is 4.45. The molecule has 0 aromatic heterocycles. The quantitative estimate of drug-likeness (QED) is 0.655. The van der Waals surface area contributed by atoms with E-state index in [1.165, 1.54) is 11.1 Å². The van der Waals surface area contributed by atoms with Gasteiger partial charge in [-0.05, 0) is 31.5 Å². The number of hydrogen-bond donors (Lipinski definition) is 3. The summed E-state index contributed by atoms with van der Waals surface area (Å²) in [4.78, 5) is 0. The van der Waals surface area contributed by atoms with Crippen LogP contribution in [0, 0.1) is 13.8 Å². The van der Waals surface area contributed by atoms with E-state index in [9.17, 15) is 0 Å². The average Bonchev–Trinajstić information content (AvgIpc) is 2.13. The number of anilines is 3. The van der Waals surface area contributed by atoms with Gasteiger partial charge in [0, 0.05) is 22.6 Å². The highest BCUT2D eigenvalue weighted by molar-refractivity contribution is 5.89. The molecule has 0 radical (unpaired) electrons. The molecule has 0 aliphatic carbocycles.